The predicted molar refractivity (Wildman–Crippen MR) is 108 cm³/mol. The number of amides is 1. The van der Waals surface area contributed by atoms with E-state index < -0.39 is 18.0 Å². The first-order chi connectivity index (χ1) is 14.0. The Labute approximate surface area is 170 Å². The fraction of sp³-hybridized carbons (Fsp3) is 0.150. The summed E-state index contributed by atoms with van der Waals surface area (Å²) in [5.74, 6) is -0.863. The molecular formula is C20H14N6O2S. The fourth-order valence-electron chi connectivity index (χ4n) is 3.31. The highest BCUT2D eigenvalue weighted by molar-refractivity contribution is 7.14. The van der Waals surface area contributed by atoms with Gasteiger partial charge >= 0.3 is 0 Å². The largest absolute Gasteiger partial charge is 0.504 e. The minimum absolute atomic E-state index is 0.0392. The lowest BCUT2D eigenvalue weighted by Gasteiger charge is -2.28. The number of carbonyl (C=O) groups excluding carboxylic acids is 1. The van der Waals surface area contributed by atoms with Gasteiger partial charge < -0.3 is 10.4 Å². The van der Waals surface area contributed by atoms with Gasteiger partial charge in [-0.05, 0) is 23.9 Å². The number of hydrazone groups is 1. The molecule has 0 aliphatic carbocycles. The Kier molecular flexibility index (Phi) is 4.59. The fourth-order valence-corrected chi connectivity index (χ4v) is 4.04. The molecule has 0 radical (unpaired) electrons. The number of nitrogens with one attached hydrogen (secondary N) is 1. The first kappa shape index (κ1) is 18.4. The number of nitriles is 2. The smallest absolute Gasteiger partial charge is 0.262 e. The molecule has 9 heteroatoms. The van der Waals surface area contributed by atoms with Crippen LogP contribution >= 0.6 is 11.3 Å². The molecule has 0 spiro atoms. The molecule has 2 N–H and O–H groups in total. The summed E-state index contributed by atoms with van der Waals surface area (Å²) in [7, 11) is 0. The average molecular weight is 402 g/mol. The Morgan fingerprint density at radius 3 is 2.72 bits per heavy atom. The highest BCUT2D eigenvalue weighted by Crippen LogP contribution is 2.37. The highest BCUT2D eigenvalue weighted by Gasteiger charge is 2.43. The van der Waals surface area contributed by atoms with Crippen molar-refractivity contribution >= 4 is 33.8 Å². The lowest BCUT2D eigenvalue weighted by atomic mass is 10.0. The van der Waals surface area contributed by atoms with Gasteiger partial charge in [-0.1, -0.05) is 30.3 Å². The van der Waals surface area contributed by atoms with Crippen molar-refractivity contribution < 1.29 is 9.90 Å². The molecule has 0 bridgehead atoms. The van der Waals surface area contributed by atoms with E-state index in [0.717, 1.165) is 5.56 Å². The molecule has 142 valence electrons. The molecule has 1 amide bonds. The number of hydrogen-bond acceptors (Lipinski definition) is 8. The van der Waals surface area contributed by atoms with Crippen molar-refractivity contribution in [3.63, 3.8) is 0 Å². The summed E-state index contributed by atoms with van der Waals surface area (Å²) < 4.78 is 0. The van der Waals surface area contributed by atoms with Gasteiger partial charge in [-0.2, -0.15) is 15.6 Å². The number of benzene rings is 1. The molecule has 0 saturated heterocycles. The molecule has 2 unspecified atom stereocenters. The van der Waals surface area contributed by atoms with Crippen LogP contribution in [0.1, 0.15) is 24.1 Å². The number of thiophene rings is 1. The molecule has 2 atom stereocenters. The minimum Gasteiger partial charge on any atom is -0.504 e. The molecule has 2 aliphatic heterocycles. The van der Waals surface area contributed by atoms with E-state index in [9.17, 15) is 15.2 Å². The van der Waals surface area contributed by atoms with Crippen LogP contribution in [0, 0.1) is 22.7 Å². The van der Waals surface area contributed by atoms with Gasteiger partial charge in [0, 0.05) is 0 Å². The zero-order valence-corrected chi connectivity index (χ0v) is 16.0. The number of rotatable bonds is 3. The van der Waals surface area contributed by atoms with Gasteiger partial charge in [0.2, 0.25) is 0 Å². The quantitative estimate of drug-likeness (QED) is 0.816. The van der Waals surface area contributed by atoms with E-state index in [1.165, 1.54) is 16.3 Å². The maximum Gasteiger partial charge on any atom is 0.262 e. The lowest BCUT2D eigenvalue weighted by molar-refractivity contribution is -0.112. The normalized spacial score (nSPS) is 20.3. The van der Waals surface area contributed by atoms with Gasteiger partial charge in [0.1, 0.15) is 22.7 Å². The van der Waals surface area contributed by atoms with Crippen LogP contribution in [-0.2, 0) is 4.79 Å². The van der Waals surface area contributed by atoms with Crippen molar-refractivity contribution in [3.8, 4) is 12.1 Å². The monoisotopic (exact) mass is 402 g/mol. The van der Waals surface area contributed by atoms with Gasteiger partial charge in [0.25, 0.3) is 5.91 Å². The summed E-state index contributed by atoms with van der Waals surface area (Å²) in [4.78, 5) is 17.1. The van der Waals surface area contributed by atoms with Crippen LogP contribution in [0.4, 0.5) is 5.00 Å². The van der Waals surface area contributed by atoms with Crippen molar-refractivity contribution in [2.45, 2.75) is 19.0 Å². The summed E-state index contributed by atoms with van der Waals surface area (Å²) in [6.45, 7) is 1.60. The molecular weight excluding hydrogens is 388 g/mol. The van der Waals surface area contributed by atoms with E-state index in [4.69, 9.17) is 5.26 Å². The third kappa shape index (κ3) is 3.04. The predicted octanol–water partition coefficient (Wildman–Crippen LogP) is 3.11. The Hall–Kier alpha value is -3.95. The van der Waals surface area contributed by atoms with E-state index in [1.54, 1.807) is 18.4 Å². The Bertz CT molecular complexity index is 1170. The van der Waals surface area contributed by atoms with Crippen molar-refractivity contribution in [2.75, 3.05) is 5.32 Å². The van der Waals surface area contributed by atoms with Crippen LogP contribution in [0.5, 0.6) is 0 Å². The first-order valence-corrected chi connectivity index (χ1v) is 9.53. The second-order valence-electron chi connectivity index (χ2n) is 6.37. The Morgan fingerprint density at radius 2 is 2.03 bits per heavy atom. The maximum absolute atomic E-state index is 12.8. The molecule has 3 heterocycles. The lowest BCUT2D eigenvalue weighted by Crippen LogP contribution is -2.37. The van der Waals surface area contributed by atoms with Crippen molar-refractivity contribution in [1.29, 1.82) is 10.5 Å². The number of carbonyl (C=O) groups is 1. The van der Waals surface area contributed by atoms with E-state index in [-0.39, 0.29) is 22.9 Å². The average Bonchev–Trinajstić information content (AvgIpc) is 3.32. The molecule has 29 heavy (non-hydrogen) atoms. The number of amidine groups is 1. The molecule has 1 aromatic carbocycles. The summed E-state index contributed by atoms with van der Waals surface area (Å²) in [5.41, 5.74) is 1.41. The number of anilines is 1. The van der Waals surface area contributed by atoms with Crippen LogP contribution in [-0.4, -0.2) is 33.6 Å². The number of hydrogen-bond donors (Lipinski definition) is 2. The van der Waals surface area contributed by atoms with Gasteiger partial charge in [-0.25, -0.2) is 10.0 Å². The van der Waals surface area contributed by atoms with Crippen LogP contribution in [0.25, 0.3) is 0 Å². The minimum atomic E-state index is -0.781. The first-order valence-electron chi connectivity index (χ1n) is 8.65. The zero-order chi connectivity index (χ0) is 20.5. The molecule has 0 fully saturated rings. The van der Waals surface area contributed by atoms with Gasteiger partial charge in [-0.15, -0.1) is 11.3 Å². The zero-order valence-electron chi connectivity index (χ0n) is 15.2. The second kappa shape index (κ2) is 7.23. The number of nitrogens with zero attached hydrogens (tertiary/aromatic N) is 5. The van der Waals surface area contributed by atoms with Crippen LogP contribution in [0.3, 0.4) is 0 Å². The summed E-state index contributed by atoms with van der Waals surface area (Å²) in [6.07, 6.45) is 0. The SMILES string of the molecule is CC1=NN2C(=NC(C#N)C2c2ccccc2)C(O)=C1C(=O)Nc1sccc1C#N. The van der Waals surface area contributed by atoms with Crippen molar-refractivity contribution in [2.24, 2.45) is 10.1 Å². The third-order valence-corrected chi connectivity index (χ3v) is 5.45. The van der Waals surface area contributed by atoms with E-state index in [2.05, 4.69) is 21.5 Å². The van der Waals surface area contributed by atoms with Crippen LogP contribution in [0.2, 0.25) is 0 Å². The van der Waals surface area contributed by atoms with Gasteiger partial charge in [0.05, 0.1) is 17.3 Å². The van der Waals surface area contributed by atoms with E-state index >= 15 is 0 Å². The van der Waals surface area contributed by atoms with Crippen LogP contribution < -0.4 is 5.32 Å². The molecule has 8 nitrogen and oxygen atoms in total. The summed E-state index contributed by atoms with van der Waals surface area (Å²) >= 11 is 1.21. The number of aliphatic imine (C=N–C) groups is 1. The van der Waals surface area contributed by atoms with E-state index in [1.807, 2.05) is 36.4 Å². The maximum atomic E-state index is 12.8. The highest BCUT2D eigenvalue weighted by atomic mass is 32.1. The number of fused-ring (bicyclic) bond motifs is 1. The van der Waals surface area contributed by atoms with Gasteiger partial charge in [0.15, 0.2) is 17.6 Å². The molecule has 1 aromatic heterocycles. The number of aliphatic hydroxyl groups excluding tert-OH is 1. The molecule has 4 rings (SSSR count). The molecule has 0 saturated carbocycles. The Morgan fingerprint density at radius 1 is 1.28 bits per heavy atom. The van der Waals surface area contributed by atoms with Crippen molar-refractivity contribution in [1.82, 2.24) is 5.01 Å². The summed E-state index contributed by atoms with van der Waals surface area (Å²) in [5, 5.41) is 40.1. The third-order valence-electron chi connectivity index (χ3n) is 4.62. The van der Waals surface area contributed by atoms with Crippen molar-refractivity contribution in [3.05, 3.63) is 64.2 Å². The number of aliphatic hydroxyl groups is 1. The van der Waals surface area contributed by atoms with Crippen LogP contribution in [0.15, 0.2) is 63.2 Å². The van der Waals surface area contributed by atoms with E-state index in [0.29, 0.717) is 10.6 Å². The van der Waals surface area contributed by atoms with Gasteiger partial charge in [-0.3, -0.25) is 4.79 Å². The second-order valence-corrected chi connectivity index (χ2v) is 7.28. The Balaban J connectivity index is 1.70. The molecule has 2 aromatic rings. The standard InChI is InChI=1S/C20H14N6O2S/c1-11-15(19(28)24-20-13(9-21)7-8-29-20)17(27)18-23-14(10-22)16(26(18)25-11)12-5-3-2-4-6-12/h2-8,14,16,27H,1H3,(H,24,28). The topological polar surface area (TPSA) is 125 Å². The summed E-state index contributed by atoms with van der Waals surface area (Å²) in [6, 6.07) is 13.7. The molecule has 2 aliphatic rings.